The van der Waals surface area contributed by atoms with Gasteiger partial charge in [-0.3, -0.25) is 9.36 Å². The van der Waals surface area contributed by atoms with Gasteiger partial charge in [0.05, 0.1) is 27.0 Å². The summed E-state index contributed by atoms with van der Waals surface area (Å²) in [6.45, 7) is 1.68. The minimum atomic E-state index is -0.540. The van der Waals surface area contributed by atoms with Gasteiger partial charge in [0.2, 0.25) is 5.88 Å². The molecule has 0 saturated heterocycles. The van der Waals surface area contributed by atoms with Crippen LogP contribution in [-0.2, 0) is 13.0 Å². The summed E-state index contributed by atoms with van der Waals surface area (Å²) in [5.41, 5.74) is 1.07. The molecule has 1 heterocycles. The van der Waals surface area contributed by atoms with Crippen molar-refractivity contribution in [1.82, 2.24) is 4.57 Å². The summed E-state index contributed by atoms with van der Waals surface area (Å²) in [6, 6.07) is 14.2. The monoisotopic (exact) mass is 448 g/mol. The smallest absolute Gasteiger partial charge is 0.281 e. The molecule has 1 aromatic heterocycles. The van der Waals surface area contributed by atoms with E-state index < -0.39 is 11.4 Å². The first kappa shape index (κ1) is 23.3. The highest BCUT2D eigenvalue weighted by atomic mass is 16.5. The van der Waals surface area contributed by atoms with Crippen LogP contribution >= 0.6 is 0 Å². The number of azo groups is 1. The number of ether oxygens (including phenoxy) is 3. The maximum absolute atomic E-state index is 13.1. The number of hydrogen-bond acceptors (Lipinski definition) is 8. The van der Waals surface area contributed by atoms with E-state index in [-0.39, 0.29) is 23.4 Å². The molecule has 170 valence electrons. The van der Waals surface area contributed by atoms with E-state index >= 15 is 0 Å². The van der Waals surface area contributed by atoms with Crippen LogP contribution in [0.25, 0.3) is 0 Å². The van der Waals surface area contributed by atoms with E-state index in [2.05, 4.69) is 10.2 Å². The molecular formula is C24H24N4O5. The van der Waals surface area contributed by atoms with Crippen LogP contribution in [0.3, 0.4) is 0 Å². The van der Waals surface area contributed by atoms with E-state index in [1.807, 2.05) is 12.1 Å². The summed E-state index contributed by atoms with van der Waals surface area (Å²) in [4.78, 5) is 13.1. The van der Waals surface area contributed by atoms with Gasteiger partial charge in [0.15, 0.2) is 17.2 Å². The Morgan fingerprint density at radius 2 is 1.70 bits per heavy atom. The quantitative estimate of drug-likeness (QED) is 0.510. The lowest BCUT2D eigenvalue weighted by Crippen LogP contribution is -2.23. The standard InChI is InChI=1S/C24H24N4O5/c1-15-19(14-25)23(29)28(12-11-16-5-10-20(32-3)21(13-16)33-4)24(30)22(15)27-26-17-6-8-18(31-2)9-7-17/h5-10,13,29H,11-12H2,1-4H3. The molecule has 0 bridgehead atoms. The molecule has 3 aromatic rings. The van der Waals surface area contributed by atoms with Crippen molar-refractivity contribution >= 4 is 11.4 Å². The van der Waals surface area contributed by atoms with E-state index in [0.29, 0.717) is 29.4 Å². The fraction of sp³-hybridized carbons (Fsp3) is 0.250. The number of benzene rings is 2. The van der Waals surface area contributed by atoms with Gasteiger partial charge in [-0.2, -0.15) is 10.4 Å². The molecule has 0 fully saturated rings. The Bertz CT molecular complexity index is 1270. The van der Waals surface area contributed by atoms with Crippen molar-refractivity contribution in [3.63, 3.8) is 0 Å². The average molecular weight is 448 g/mol. The molecular weight excluding hydrogens is 424 g/mol. The number of aromatic nitrogens is 1. The summed E-state index contributed by atoms with van der Waals surface area (Å²) in [6.07, 6.45) is 0.400. The van der Waals surface area contributed by atoms with Gasteiger partial charge in [0, 0.05) is 12.1 Å². The van der Waals surface area contributed by atoms with Gasteiger partial charge in [0.25, 0.3) is 5.56 Å². The Morgan fingerprint density at radius 1 is 1.00 bits per heavy atom. The van der Waals surface area contributed by atoms with Crippen molar-refractivity contribution in [2.45, 2.75) is 19.9 Å². The summed E-state index contributed by atoms with van der Waals surface area (Å²) in [7, 11) is 4.65. The van der Waals surface area contributed by atoms with Gasteiger partial charge >= 0.3 is 0 Å². The third-order valence-electron chi connectivity index (χ3n) is 5.18. The molecule has 0 aliphatic rings. The van der Waals surface area contributed by atoms with Gasteiger partial charge in [-0.1, -0.05) is 6.07 Å². The number of methoxy groups -OCH3 is 3. The van der Waals surface area contributed by atoms with Crippen LogP contribution in [0.2, 0.25) is 0 Å². The predicted octanol–water partition coefficient (Wildman–Crippen LogP) is 4.42. The van der Waals surface area contributed by atoms with Crippen molar-refractivity contribution in [3.8, 4) is 29.2 Å². The average Bonchev–Trinajstić information content (AvgIpc) is 2.84. The fourth-order valence-corrected chi connectivity index (χ4v) is 3.30. The zero-order valence-electron chi connectivity index (χ0n) is 18.8. The predicted molar refractivity (Wildman–Crippen MR) is 122 cm³/mol. The molecule has 0 aliphatic heterocycles. The van der Waals surface area contributed by atoms with Crippen LogP contribution in [0.1, 0.15) is 16.7 Å². The topological polar surface area (TPSA) is 118 Å². The third-order valence-corrected chi connectivity index (χ3v) is 5.18. The lowest BCUT2D eigenvalue weighted by Gasteiger charge is -2.14. The van der Waals surface area contributed by atoms with Gasteiger partial charge in [-0.15, -0.1) is 5.11 Å². The molecule has 0 unspecified atom stereocenters. The van der Waals surface area contributed by atoms with Crippen molar-refractivity contribution in [2.75, 3.05) is 21.3 Å². The molecule has 9 nitrogen and oxygen atoms in total. The lowest BCUT2D eigenvalue weighted by atomic mass is 10.1. The van der Waals surface area contributed by atoms with Gasteiger partial charge in [-0.25, -0.2) is 0 Å². The maximum atomic E-state index is 13.1. The fourth-order valence-electron chi connectivity index (χ4n) is 3.30. The number of hydrogen-bond donors (Lipinski definition) is 1. The molecule has 0 radical (unpaired) electrons. The van der Waals surface area contributed by atoms with E-state index in [1.54, 1.807) is 57.5 Å². The third kappa shape index (κ3) is 4.96. The Balaban J connectivity index is 1.96. The molecule has 0 atom stereocenters. The number of aryl methyl sites for hydroxylation is 1. The number of pyridine rings is 1. The first-order valence-electron chi connectivity index (χ1n) is 10.1. The van der Waals surface area contributed by atoms with Crippen LogP contribution in [-0.4, -0.2) is 31.0 Å². The van der Waals surface area contributed by atoms with Crippen molar-refractivity contribution < 1.29 is 19.3 Å². The minimum Gasteiger partial charge on any atom is -0.497 e. The van der Waals surface area contributed by atoms with E-state index in [1.165, 1.54) is 7.11 Å². The van der Waals surface area contributed by atoms with Crippen LogP contribution in [0.15, 0.2) is 57.5 Å². The highest BCUT2D eigenvalue weighted by Gasteiger charge is 2.19. The Kier molecular flexibility index (Phi) is 7.31. The number of rotatable bonds is 8. The molecule has 3 rings (SSSR count). The van der Waals surface area contributed by atoms with E-state index in [0.717, 1.165) is 10.1 Å². The Labute approximate surface area is 191 Å². The molecule has 1 N–H and O–H groups in total. The first-order valence-corrected chi connectivity index (χ1v) is 10.1. The van der Waals surface area contributed by atoms with Crippen LogP contribution in [0.4, 0.5) is 11.4 Å². The van der Waals surface area contributed by atoms with Crippen LogP contribution in [0, 0.1) is 18.3 Å². The summed E-state index contributed by atoms with van der Waals surface area (Å²) >= 11 is 0. The molecule has 9 heteroatoms. The van der Waals surface area contributed by atoms with Gasteiger partial charge in [0.1, 0.15) is 17.4 Å². The molecule has 2 aromatic carbocycles. The number of nitriles is 1. The number of nitrogens with zero attached hydrogens (tertiary/aromatic N) is 4. The van der Waals surface area contributed by atoms with E-state index in [4.69, 9.17) is 14.2 Å². The SMILES string of the molecule is COc1ccc(N=Nc2c(C)c(C#N)c(O)n(CCc3ccc(OC)c(OC)c3)c2=O)cc1. The highest BCUT2D eigenvalue weighted by molar-refractivity contribution is 5.57. The first-order chi connectivity index (χ1) is 15.9. The second-order valence-corrected chi connectivity index (χ2v) is 7.08. The highest BCUT2D eigenvalue weighted by Crippen LogP contribution is 2.29. The number of aromatic hydroxyl groups is 1. The zero-order chi connectivity index (χ0) is 24.0. The van der Waals surface area contributed by atoms with E-state index in [9.17, 15) is 15.2 Å². The van der Waals surface area contributed by atoms with Gasteiger partial charge in [-0.05, 0) is 55.3 Å². The second kappa shape index (κ2) is 10.3. The second-order valence-electron chi connectivity index (χ2n) is 7.08. The van der Waals surface area contributed by atoms with Crippen LogP contribution < -0.4 is 19.8 Å². The molecule has 0 spiro atoms. The Morgan fingerprint density at radius 3 is 2.30 bits per heavy atom. The largest absolute Gasteiger partial charge is 0.497 e. The van der Waals surface area contributed by atoms with Crippen molar-refractivity contribution in [3.05, 3.63) is 69.5 Å². The summed E-state index contributed by atoms with van der Waals surface area (Å²) < 4.78 is 16.8. The van der Waals surface area contributed by atoms with Crippen LogP contribution in [0.5, 0.6) is 23.1 Å². The Hall–Kier alpha value is -4.32. The van der Waals surface area contributed by atoms with Gasteiger partial charge < -0.3 is 19.3 Å². The molecule has 0 amide bonds. The minimum absolute atomic E-state index is 0.00696. The van der Waals surface area contributed by atoms with Crippen molar-refractivity contribution in [1.29, 1.82) is 5.26 Å². The molecule has 0 aliphatic carbocycles. The zero-order valence-corrected chi connectivity index (χ0v) is 18.8. The molecule has 33 heavy (non-hydrogen) atoms. The normalized spacial score (nSPS) is 10.8. The van der Waals surface area contributed by atoms with Crippen molar-refractivity contribution in [2.24, 2.45) is 10.2 Å². The summed E-state index contributed by atoms with van der Waals surface area (Å²) in [5, 5.41) is 28.4. The molecule has 0 saturated carbocycles. The maximum Gasteiger partial charge on any atom is 0.281 e. The lowest BCUT2D eigenvalue weighted by molar-refractivity contribution is 0.354. The summed E-state index contributed by atoms with van der Waals surface area (Å²) in [5.74, 6) is 1.41.